The summed E-state index contributed by atoms with van der Waals surface area (Å²) in [7, 11) is 0. The Kier molecular flexibility index (Phi) is 4.37. The van der Waals surface area contributed by atoms with Gasteiger partial charge in [-0.05, 0) is 19.9 Å². The molecule has 17 heavy (non-hydrogen) atoms. The van der Waals surface area contributed by atoms with Crippen molar-refractivity contribution < 1.29 is 23.4 Å². The molecule has 0 aromatic carbocycles. The fourth-order valence-corrected chi connectivity index (χ4v) is 1.37. The van der Waals surface area contributed by atoms with E-state index in [0.717, 1.165) is 6.07 Å². The van der Waals surface area contributed by atoms with Crippen molar-refractivity contribution >= 4 is 5.97 Å². The number of pyridine rings is 1. The quantitative estimate of drug-likeness (QED) is 0.825. The number of halogens is 2. The molecule has 0 aliphatic rings. The molecule has 0 aliphatic carbocycles. The second-order valence-electron chi connectivity index (χ2n) is 3.42. The molecule has 0 saturated heterocycles. The predicted octanol–water partition coefficient (Wildman–Crippen LogP) is 2.14. The first-order valence-corrected chi connectivity index (χ1v) is 5.08. The van der Waals surface area contributed by atoms with Crippen LogP contribution in [-0.4, -0.2) is 22.7 Å². The van der Waals surface area contributed by atoms with Gasteiger partial charge < -0.3 is 9.84 Å². The number of alkyl halides is 2. The molecule has 1 aromatic rings. The number of nitrogens with zero attached hydrogens (tertiary/aromatic N) is 1. The number of carbonyl (C=O) groups excluding carboxylic acids is 1. The number of hydrogen-bond acceptors (Lipinski definition) is 4. The number of carbonyl (C=O) groups is 1. The summed E-state index contributed by atoms with van der Waals surface area (Å²) in [6.45, 7) is 3.24. The fraction of sp³-hybridized carbons (Fsp3) is 0.455. The zero-order chi connectivity index (χ0) is 13.0. The van der Waals surface area contributed by atoms with Gasteiger partial charge in [0.05, 0.1) is 18.7 Å². The second-order valence-corrected chi connectivity index (χ2v) is 3.42. The normalized spacial score (nSPS) is 10.6. The Morgan fingerprint density at radius 3 is 2.76 bits per heavy atom. The SMILES string of the molecule is CCOC(=O)Cc1cc(C(F)F)nc(C)c1O. The van der Waals surface area contributed by atoms with Crippen LogP contribution < -0.4 is 0 Å². The molecule has 1 N–H and O–H groups in total. The minimum absolute atomic E-state index is 0.0714. The first kappa shape index (κ1) is 13.3. The molecule has 1 heterocycles. The lowest BCUT2D eigenvalue weighted by atomic mass is 10.1. The largest absolute Gasteiger partial charge is 0.506 e. The Labute approximate surface area is 97.2 Å². The van der Waals surface area contributed by atoms with Crippen LogP contribution in [0.3, 0.4) is 0 Å². The molecule has 0 aliphatic heterocycles. The summed E-state index contributed by atoms with van der Waals surface area (Å²) in [6.07, 6.45) is -2.99. The highest BCUT2D eigenvalue weighted by molar-refractivity contribution is 5.73. The highest BCUT2D eigenvalue weighted by Crippen LogP contribution is 2.26. The van der Waals surface area contributed by atoms with Gasteiger partial charge in [-0.1, -0.05) is 0 Å². The Morgan fingerprint density at radius 1 is 1.59 bits per heavy atom. The van der Waals surface area contributed by atoms with E-state index < -0.39 is 18.1 Å². The first-order chi connectivity index (χ1) is 7.95. The van der Waals surface area contributed by atoms with E-state index in [0.29, 0.717) is 0 Å². The van der Waals surface area contributed by atoms with E-state index in [1.54, 1.807) is 6.92 Å². The summed E-state index contributed by atoms with van der Waals surface area (Å²) < 4.78 is 29.7. The number of aryl methyl sites for hydroxylation is 1. The molecule has 0 saturated carbocycles. The van der Waals surface area contributed by atoms with Crippen LogP contribution >= 0.6 is 0 Å². The van der Waals surface area contributed by atoms with Gasteiger partial charge in [-0.2, -0.15) is 0 Å². The van der Waals surface area contributed by atoms with E-state index >= 15 is 0 Å². The molecule has 0 spiro atoms. The molecule has 1 aromatic heterocycles. The van der Waals surface area contributed by atoms with Crippen LogP contribution in [0.15, 0.2) is 6.07 Å². The predicted molar refractivity (Wildman–Crippen MR) is 55.9 cm³/mol. The number of hydrogen-bond donors (Lipinski definition) is 1. The van der Waals surface area contributed by atoms with Gasteiger partial charge in [0.1, 0.15) is 11.4 Å². The topological polar surface area (TPSA) is 59.4 Å². The molecule has 0 radical (unpaired) electrons. The van der Waals surface area contributed by atoms with Gasteiger partial charge in [-0.3, -0.25) is 4.79 Å². The van der Waals surface area contributed by atoms with Crippen molar-refractivity contribution in [1.82, 2.24) is 4.98 Å². The zero-order valence-corrected chi connectivity index (χ0v) is 9.54. The highest BCUT2D eigenvalue weighted by Gasteiger charge is 2.17. The van der Waals surface area contributed by atoms with Crippen molar-refractivity contribution in [3.63, 3.8) is 0 Å². The average molecular weight is 245 g/mol. The van der Waals surface area contributed by atoms with E-state index in [1.807, 2.05) is 0 Å². The highest BCUT2D eigenvalue weighted by atomic mass is 19.3. The van der Waals surface area contributed by atoms with Crippen LogP contribution in [0.2, 0.25) is 0 Å². The standard InChI is InChI=1S/C11H13F2NO3/c1-3-17-9(15)5-7-4-8(11(12)13)14-6(2)10(7)16/h4,11,16H,3,5H2,1-2H3. The summed E-state index contributed by atoms with van der Waals surface area (Å²) in [5.41, 5.74) is -0.284. The number of ether oxygens (including phenoxy) is 1. The van der Waals surface area contributed by atoms with Crippen molar-refractivity contribution in [2.45, 2.75) is 26.7 Å². The summed E-state index contributed by atoms with van der Waals surface area (Å²) in [5.74, 6) is -0.823. The van der Waals surface area contributed by atoms with E-state index in [9.17, 15) is 18.7 Å². The van der Waals surface area contributed by atoms with Crippen LogP contribution in [-0.2, 0) is 16.0 Å². The van der Waals surface area contributed by atoms with Gasteiger partial charge in [-0.25, -0.2) is 13.8 Å². The van der Waals surface area contributed by atoms with Crippen molar-refractivity contribution in [2.24, 2.45) is 0 Å². The van der Waals surface area contributed by atoms with Crippen molar-refractivity contribution in [1.29, 1.82) is 0 Å². The van der Waals surface area contributed by atoms with Crippen molar-refractivity contribution in [2.75, 3.05) is 6.61 Å². The van der Waals surface area contributed by atoms with Crippen molar-refractivity contribution in [3.8, 4) is 5.75 Å². The van der Waals surface area contributed by atoms with Gasteiger partial charge in [0.25, 0.3) is 6.43 Å². The monoisotopic (exact) mass is 245 g/mol. The minimum atomic E-state index is -2.74. The molecule has 6 heteroatoms. The average Bonchev–Trinajstić information content (AvgIpc) is 2.24. The molecule has 0 fully saturated rings. The van der Waals surface area contributed by atoms with Gasteiger partial charge in [0.2, 0.25) is 0 Å². The lowest BCUT2D eigenvalue weighted by Crippen LogP contribution is -2.09. The van der Waals surface area contributed by atoms with Crippen LogP contribution in [0.25, 0.3) is 0 Å². The van der Waals surface area contributed by atoms with Gasteiger partial charge in [-0.15, -0.1) is 0 Å². The number of rotatable bonds is 4. The van der Waals surface area contributed by atoms with Gasteiger partial charge in [0, 0.05) is 5.56 Å². The molecule has 4 nitrogen and oxygen atoms in total. The van der Waals surface area contributed by atoms with E-state index in [-0.39, 0.29) is 30.0 Å². The third kappa shape index (κ3) is 3.37. The Balaban J connectivity index is 3.01. The zero-order valence-electron chi connectivity index (χ0n) is 9.54. The van der Waals surface area contributed by atoms with E-state index in [4.69, 9.17) is 0 Å². The fourth-order valence-electron chi connectivity index (χ4n) is 1.37. The van der Waals surface area contributed by atoms with Crippen molar-refractivity contribution in [3.05, 3.63) is 23.0 Å². The van der Waals surface area contributed by atoms with Crippen LogP contribution in [0.5, 0.6) is 5.75 Å². The molecule has 94 valence electrons. The Bertz CT molecular complexity index is 421. The molecule has 0 unspecified atom stereocenters. The minimum Gasteiger partial charge on any atom is -0.506 e. The van der Waals surface area contributed by atoms with E-state index in [1.165, 1.54) is 6.92 Å². The lowest BCUT2D eigenvalue weighted by molar-refractivity contribution is -0.142. The summed E-state index contributed by atoms with van der Waals surface area (Å²) in [6, 6.07) is 1.02. The van der Waals surface area contributed by atoms with Gasteiger partial charge in [0.15, 0.2) is 0 Å². The number of aromatic nitrogens is 1. The molecule has 0 atom stereocenters. The van der Waals surface area contributed by atoms with E-state index in [2.05, 4.69) is 9.72 Å². The molecular formula is C11H13F2NO3. The third-order valence-corrected chi connectivity index (χ3v) is 2.13. The Hall–Kier alpha value is -1.72. The van der Waals surface area contributed by atoms with Crippen LogP contribution in [0.1, 0.15) is 30.3 Å². The number of aromatic hydroxyl groups is 1. The smallest absolute Gasteiger partial charge is 0.310 e. The molecule has 1 rings (SSSR count). The Morgan fingerprint density at radius 2 is 2.24 bits per heavy atom. The molecule has 0 amide bonds. The van der Waals surface area contributed by atoms with Crippen LogP contribution in [0, 0.1) is 6.92 Å². The maximum absolute atomic E-state index is 12.5. The third-order valence-electron chi connectivity index (χ3n) is 2.13. The second kappa shape index (κ2) is 5.56. The summed E-state index contributed by atoms with van der Waals surface area (Å²) in [5, 5.41) is 9.61. The molecule has 0 bridgehead atoms. The maximum atomic E-state index is 12.5. The van der Waals surface area contributed by atoms with Crippen LogP contribution in [0.4, 0.5) is 8.78 Å². The van der Waals surface area contributed by atoms with Gasteiger partial charge >= 0.3 is 5.97 Å². The first-order valence-electron chi connectivity index (χ1n) is 5.08. The lowest BCUT2D eigenvalue weighted by Gasteiger charge is -2.09. The summed E-state index contributed by atoms with van der Waals surface area (Å²) >= 11 is 0. The molecular weight excluding hydrogens is 232 g/mol. The number of esters is 1. The summed E-state index contributed by atoms with van der Waals surface area (Å²) in [4.78, 5) is 14.7. The maximum Gasteiger partial charge on any atom is 0.310 e.